The van der Waals surface area contributed by atoms with Crippen LogP contribution in [-0.4, -0.2) is 59.4 Å². The molecule has 8 heteroatoms. The highest BCUT2D eigenvalue weighted by atomic mass is 35.5. The van der Waals surface area contributed by atoms with Crippen LogP contribution in [0.1, 0.15) is 37.9 Å². The second-order valence-electron chi connectivity index (χ2n) is 7.65. The van der Waals surface area contributed by atoms with Crippen LogP contribution in [0.25, 0.3) is 5.76 Å². The number of aliphatic hydroxyl groups is 1. The number of rotatable bonds is 9. The normalized spacial score (nSPS) is 17.8. The summed E-state index contributed by atoms with van der Waals surface area (Å²) in [6, 6.07) is 9.45. The smallest absolute Gasteiger partial charge is 0.295 e. The molecule has 6 nitrogen and oxygen atoms in total. The topological polar surface area (TPSA) is 70.1 Å². The third-order valence-electron chi connectivity index (χ3n) is 5.78. The minimum Gasteiger partial charge on any atom is -0.507 e. The van der Waals surface area contributed by atoms with Crippen molar-refractivity contribution in [3.05, 3.63) is 70.0 Å². The Morgan fingerprint density at radius 1 is 1.12 bits per heavy atom. The lowest BCUT2D eigenvalue weighted by molar-refractivity contribution is -0.140. The van der Waals surface area contributed by atoms with E-state index >= 15 is 0 Å². The summed E-state index contributed by atoms with van der Waals surface area (Å²) in [5.41, 5.74) is 0.631. The van der Waals surface area contributed by atoms with Crippen molar-refractivity contribution in [1.29, 1.82) is 0 Å². The molecule has 0 radical (unpaired) electrons. The predicted molar refractivity (Wildman–Crippen MR) is 126 cm³/mol. The van der Waals surface area contributed by atoms with Crippen molar-refractivity contribution in [2.45, 2.75) is 26.8 Å². The van der Waals surface area contributed by atoms with Crippen molar-refractivity contribution >= 4 is 29.1 Å². The van der Waals surface area contributed by atoms with Crippen molar-refractivity contribution < 1.29 is 23.8 Å². The highest BCUT2D eigenvalue weighted by Gasteiger charge is 2.46. The summed E-state index contributed by atoms with van der Waals surface area (Å²) in [5, 5.41) is 11.4. The summed E-state index contributed by atoms with van der Waals surface area (Å²) >= 11 is 6.33. The zero-order valence-corrected chi connectivity index (χ0v) is 19.7. The minimum absolute atomic E-state index is 0.0818. The van der Waals surface area contributed by atoms with Crippen LogP contribution in [0.4, 0.5) is 4.39 Å². The molecule has 1 atom stereocenters. The number of likely N-dealkylation sites (tertiary alicyclic amines) is 1. The van der Waals surface area contributed by atoms with Crippen LogP contribution >= 0.6 is 11.6 Å². The van der Waals surface area contributed by atoms with Gasteiger partial charge in [0.1, 0.15) is 17.3 Å². The van der Waals surface area contributed by atoms with E-state index in [0.29, 0.717) is 24.5 Å². The summed E-state index contributed by atoms with van der Waals surface area (Å²) in [7, 11) is 0. The van der Waals surface area contributed by atoms with Crippen molar-refractivity contribution in [3.8, 4) is 5.75 Å². The first-order valence-corrected chi connectivity index (χ1v) is 11.4. The average molecular weight is 475 g/mol. The largest absolute Gasteiger partial charge is 0.507 e. The van der Waals surface area contributed by atoms with E-state index in [4.69, 9.17) is 16.3 Å². The quantitative estimate of drug-likeness (QED) is 0.325. The molecular weight excluding hydrogens is 447 g/mol. The molecule has 1 fully saturated rings. The van der Waals surface area contributed by atoms with Gasteiger partial charge in [-0.25, -0.2) is 4.39 Å². The van der Waals surface area contributed by atoms with Gasteiger partial charge in [-0.05, 0) is 55.9 Å². The third-order valence-corrected chi connectivity index (χ3v) is 6.11. The van der Waals surface area contributed by atoms with Crippen LogP contribution in [0.2, 0.25) is 5.02 Å². The Labute approximate surface area is 198 Å². The standard InChI is InChI=1S/C25H28ClFN2O4/c1-4-28(5-2)13-14-29-22(16-7-9-17(27)10-8-16)21(24(31)25(29)32)23(30)19-15-18(33-6-3)11-12-20(19)26/h7-12,15,22,30H,4-6,13-14H2,1-3H3/b23-21+. The van der Waals surface area contributed by atoms with Gasteiger partial charge in [-0.3, -0.25) is 9.59 Å². The van der Waals surface area contributed by atoms with E-state index in [1.165, 1.54) is 35.2 Å². The van der Waals surface area contributed by atoms with Gasteiger partial charge in [0.15, 0.2) is 0 Å². The van der Waals surface area contributed by atoms with Crippen molar-refractivity contribution in [1.82, 2.24) is 9.80 Å². The fraction of sp³-hybridized carbons (Fsp3) is 0.360. The fourth-order valence-electron chi connectivity index (χ4n) is 3.98. The van der Waals surface area contributed by atoms with Gasteiger partial charge in [0.05, 0.1) is 23.2 Å². The monoisotopic (exact) mass is 474 g/mol. The molecule has 2 aromatic carbocycles. The molecule has 1 aliphatic rings. The summed E-state index contributed by atoms with van der Waals surface area (Å²) in [4.78, 5) is 29.7. The van der Waals surface area contributed by atoms with Crippen LogP contribution in [-0.2, 0) is 9.59 Å². The number of carbonyl (C=O) groups excluding carboxylic acids is 2. The Morgan fingerprint density at radius 2 is 1.79 bits per heavy atom. The number of likely N-dealkylation sites (N-methyl/N-ethyl adjacent to an activating group) is 1. The second-order valence-corrected chi connectivity index (χ2v) is 8.05. The Morgan fingerprint density at radius 3 is 2.39 bits per heavy atom. The molecule has 0 bridgehead atoms. The molecule has 0 aliphatic carbocycles. The number of aliphatic hydroxyl groups excluding tert-OH is 1. The number of ether oxygens (including phenoxy) is 1. The first kappa shape index (κ1) is 24.7. The molecule has 0 spiro atoms. The minimum atomic E-state index is -0.868. The van der Waals surface area contributed by atoms with E-state index in [0.717, 1.165) is 13.1 Å². The molecular formula is C25H28ClFN2O4. The Kier molecular flexibility index (Phi) is 8.10. The molecule has 1 heterocycles. The van der Waals surface area contributed by atoms with Crippen LogP contribution in [0.5, 0.6) is 5.75 Å². The predicted octanol–water partition coefficient (Wildman–Crippen LogP) is 4.64. The molecule has 0 aromatic heterocycles. The lowest BCUT2D eigenvalue weighted by Crippen LogP contribution is -2.38. The van der Waals surface area contributed by atoms with Crippen LogP contribution in [0, 0.1) is 5.82 Å². The maximum Gasteiger partial charge on any atom is 0.295 e. The number of halogens is 2. The highest BCUT2D eigenvalue weighted by Crippen LogP contribution is 2.41. The first-order valence-electron chi connectivity index (χ1n) is 11.0. The van der Waals surface area contributed by atoms with Gasteiger partial charge < -0.3 is 19.6 Å². The molecule has 2 aromatic rings. The average Bonchev–Trinajstić information content (AvgIpc) is 3.06. The number of carbonyl (C=O) groups is 2. The summed E-state index contributed by atoms with van der Waals surface area (Å²) in [5.74, 6) is -1.88. The molecule has 1 amide bonds. The van der Waals surface area contributed by atoms with Gasteiger partial charge in [-0.2, -0.15) is 0 Å². The number of hydrogen-bond donors (Lipinski definition) is 1. The third kappa shape index (κ3) is 5.20. The lowest BCUT2D eigenvalue weighted by atomic mass is 9.95. The maximum absolute atomic E-state index is 13.6. The van der Waals surface area contributed by atoms with Crippen LogP contribution in [0.15, 0.2) is 48.0 Å². The zero-order valence-electron chi connectivity index (χ0n) is 19.0. The van der Waals surface area contributed by atoms with Gasteiger partial charge in [0.25, 0.3) is 11.7 Å². The van der Waals surface area contributed by atoms with Crippen LogP contribution in [0.3, 0.4) is 0 Å². The van der Waals surface area contributed by atoms with Crippen molar-refractivity contribution in [2.24, 2.45) is 0 Å². The van der Waals surface area contributed by atoms with E-state index in [1.54, 1.807) is 12.1 Å². The zero-order chi connectivity index (χ0) is 24.1. The molecule has 1 saturated heterocycles. The molecule has 33 heavy (non-hydrogen) atoms. The highest BCUT2D eigenvalue weighted by molar-refractivity contribution is 6.47. The summed E-state index contributed by atoms with van der Waals surface area (Å²) < 4.78 is 19.1. The number of amides is 1. The summed E-state index contributed by atoms with van der Waals surface area (Å²) in [6.07, 6.45) is 0. The van der Waals surface area contributed by atoms with E-state index in [9.17, 15) is 19.1 Å². The van der Waals surface area contributed by atoms with Gasteiger partial charge >= 0.3 is 0 Å². The Balaban J connectivity index is 2.13. The fourth-order valence-corrected chi connectivity index (χ4v) is 4.19. The molecule has 1 N–H and O–H groups in total. The lowest BCUT2D eigenvalue weighted by Gasteiger charge is -2.28. The van der Waals surface area contributed by atoms with E-state index in [2.05, 4.69) is 4.90 Å². The number of nitrogens with zero attached hydrogens (tertiary/aromatic N) is 2. The van der Waals surface area contributed by atoms with E-state index < -0.39 is 23.5 Å². The number of benzene rings is 2. The second kappa shape index (κ2) is 10.8. The van der Waals surface area contributed by atoms with Gasteiger partial charge in [-0.1, -0.05) is 37.6 Å². The summed E-state index contributed by atoms with van der Waals surface area (Å²) in [6.45, 7) is 8.68. The van der Waals surface area contributed by atoms with Crippen LogP contribution < -0.4 is 4.74 Å². The van der Waals surface area contributed by atoms with Gasteiger partial charge in [0, 0.05) is 18.7 Å². The Bertz CT molecular complexity index is 1050. The number of ketones is 1. The molecule has 0 saturated carbocycles. The maximum atomic E-state index is 13.6. The van der Waals surface area contributed by atoms with E-state index in [-0.39, 0.29) is 28.5 Å². The van der Waals surface area contributed by atoms with Crippen molar-refractivity contribution in [3.63, 3.8) is 0 Å². The number of Topliss-reactive ketones (excluding diaryl/α,β-unsaturated/α-hetero) is 1. The molecule has 1 aliphatic heterocycles. The Hall–Kier alpha value is -2.90. The van der Waals surface area contributed by atoms with Gasteiger partial charge in [-0.15, -0.1) is 0 Å². The molecule has 3 rings (SSSR count). The number of hydrogen-bond acceptors (Lipinski definition) is 5. The van der Waals surface area contributed by atoms with Crippen molar-refractivity contribution in [2.75, 3.05) is 32.8 Å². The van der Waals surface area contributed by atoms with E-state index in [1.807, 2.05) is 20.8 Å². The van der Waals surface area contributed by atoms with Gasteiger partial charge in [0.2, 0.25) is 0 Å². The molecule has 176 valence electrons. The first-order chi connectivity index (χ1) is 15.8. The SMILES string of the molecule is CCOc1ccc(Cl)c(/C(O)=C2\C(=O)C(=O)N(CCN(CC)CC)C2c2ccc(F)cc2)c1. The molecule has 1 unspecified atom stereocenters.